The van der Waals surface area contributed by atoms with Gasteiger partial charge in [0.25, 0.3) is 0 Å². The first-order valence-corrected chi connectivity index (χ1v) is 3.85. The van der Waals surface area contributed by atoms with Crippen LogP contribution < -0.4 is 4.74 Å². The van der Waals surface area contributed by atoms with E-state index in [-0.39, 0.29) is 0 Å². The van der Waals surface area contributed by atoms with Crippen LogP contribution in [0.4, 0.5) is 13.2 Å². The molecule has 1 aromatic carbocycles. The summed E-state index contributed by atoms with van der Waals surface area (Å²) in [4.78, 5) is 12.8. The minimum Gasteiger partial charge on any atom is -0.494 e. The Labute approximate surface area is 83.2 Å². The highest BCUT2D eigenvalue weighted by atomic mass is 19.2. The Hall–Kier alpha value is -1.81. The number of ether oxygens (including phenoxy) is 1. The second-order valence-corrected chi connectivity index (χ2v) is 2.57. The van der Waals surface area contributed by atoms with Crippen molar-refractivity contribution in [2.45, 2.75) is 6.54 Å². The van der Waals surface area contributed by atoms with E-state index in [9.17, 15) is 18.0 Å². The molecule has 0 aliphatic heterocycles. The van der Waals surface area contributed by atoms with Gasteiger partial charge in [-0.2, -0.15) is 0 Å². The first-order valence-electron chi connectivity index (χ1n) is 3.85. The second-order valence-electron chi connectivity index (χ2n) is 2.57. The predicted octanol–water partition coefficient (Wildman–Crippen LogP) is 1.95. The van der Waals surface area contributed by atoms with Gasteiger partial charge in [0.2, 0.25) is 6.08 Å². The maximum absolute atomic E-state index is 13.3. The summed E-state index contributed by atoms with van der Waals surface area (Å²) in [6.07, 6.45) is 1.11. The minimum atomic E-state index is -1.38. The molecule has 0 aliphatic rings. The fraction of sp³-hybridized carbons (Fsp3) is 0.222. The number of hydrogen-bond acceptors (Lipinski definition) is 3. The van der Waals surface area contributed by atoms with Gasteiger partial charge in [-0.05, 0) is 0 Å². The Kier molecular flexibility index (Phi) is 3.46. The topological polar surface area (TPSA) is 38.7 Å². The van der Waals surface area contributed by atoms with Gasteiger partial charge in [0.15, 0.2) is 23.2 Å². The van der Waals surface area contributed by atoms with Crippen LogP contribution in [0.3, 0.4) is 0 Å². The highest BCUT2D eigenvalue weighted by molar-refractivity contribution is 5.37. The van der Waals surface area contributed by atoms with E-state index in [4.69, 9.17) is 0 Å². The quantitative estimate of drug-likeness (QED) is 0.441. The Balaban J connectivity index is 3.32. The van der Waals surface area contributed by atoms with Gasteiger partial charge >= 0.3 is 0 Å². The number of nitrogens with zero attached hydrogens (tertiary/aromatic N) is 1. The normalized spacial score (nSPS) is 9.60. The predicted molar refractivity (Wildman–Crippen MR) is 44.7 cm³/mol. The molecule has 0 amide bonds. The summed E-state index contributed by atoms with van der Waals surface area (Å²) in [5.41, 5.74) is -0.657. The van der Waals surface area contributed by atoms with Crippen molar-refractivity contribution in [3.63, 3.8) is 0 Å². The number of halogens is 3. The molecule has 80 valence electrons. The lowest BCUT2D eigenvalue weighted by Crippen LogP contribution is -2.01. The molecule has 1 aromatic rings. The largest absolute Gasteiger partial charge is 0.494 e. The molecule has 0 heterocycles. The Morgan fingerprint density at radius 1 is 1.40 bits per heavy atom. The number of hydrogen-bond donors (Lipinski definition) is 0. The second kappa shape index (κ2) is 4.61. The van der Waals surface area contributed by atoms with E-state index < -0.39 is 35.3 Å². The molecule has 0 N–H and O–H groups in total. The zero-order valence-corrected chi connectivity index (χ0v) is 7.68. The first-order chi connectivity index (χ1) is 7.11. The van der Waals surface area contributed by atoms with Crippen LogP contribution >= 0.6 is 0 Å². The van der Waals surface area contributed by atoms with E-state index in [0.717, 1.165) is 13.2 Å². The third kappa shape index (κ3) is 2.16. The summed E-state index contributed by atoms with van der Waals surface area (Å²) in [5.74, 6) is -4.16. The molecule has 0 unspecified atom stereocenters. The lowest BCUT2D eigenvalue weighted by molar-refractivity contribution is 0.371. The highest BCUT2D eigenvalue weighted by Crippen LogP contribution is 2.26. The van der Waals surface area contributed by atoms with Gasteiger partial charge in [-0.25, -0.2) is 23.0 Å². The Bertz CT molecular complexity index is 428. The average molecular weight is 217 g/mol. The summed E-state index contributed by atoms with van der Waals surface area (Å²) in [5, 5.41) is 0. The molecular formula is C9H6F3NO2. The lowest BCUT2D eigenvalue weighted by atomic mass is 10.1. The van der Waals surface area contributed by atoms with Gasteiger partial charge in [0.1, 0.15) is 0 Å². The van der Waals surface area contributed by atoms with Crippen molar-refractivity contribution in [1.82, 2.24) is 0 Å². The molecule has 15 heavy (non-hydrogen) atoms. The summed E-state index contributed by atoms with van der Waals surface area (Å²) >= 11 is 0. The molecule has 3 nitrogen and oxygen atoms in total. The number of aliphatic imine (C=N–C) groups is 1. The fourth-order valence-electron chi connectivity index (χ4n) is 1.03. The van der Waals surface area contributed by atoms with E-state index in [1.54, 1.807) is 0 Å². The third-order valence-electron chi connectivity index (χ3n) is 1.74. The van der Waals surface area contributed by atoms with E-state index in [1.807, 2.05) is 0 Å². The zero-order chi connectivity index (χ0) is 11.4. The van der Waals surface area contributed by atoms with Crippen LogP contribution in [-0.4, -0.2) is 13.2 Å². The fourth-order valence-corrected chi connectivity index (χ4v) is 1.03. The standard InChI is InChI=1S/C9H6F3NO2/c1-15-7-2-6(10)8(11)5(9(7)12)3-13-4-14/h2H,3H2,1H3. The zero-order valence-electron chi connectivity index (χ0n) is 7.68. The van der Waals surface area contributed by atoms with Crippen LogP contribution in [0.25, 0.3) is 0 Å². The molecule has 0 atom stereocenters. The SMILES string of the molecule is COc1cc(F)c(F)c(CN=C=O)c1F. The van der Waals surface area contributed by atoms with Crippen LogP contribution in [0.15, 0.2) is 11.1 Å². The third-order valence-corrected chi connectivity index (χ3v) is 1.74. The smallest absolute Gasteiger partial charge is 0.235 e. The van der Waals surface area contributed by atoms with Gasteiger partial charge in [0, 0.05) is 6.07 Å². The molecule has 0 aromatic heterocycles. The average Bonchev–Trinajstić information content (AvgIpc) is 2.23. The molecule has 0 aliphatic carbocycles. The molecule has 0 saturated carbocycles. The first kappa shape index (κ1) is 11.3. The molecule has 1 rings (SSSR count). The van der Waals surface area contributed by atoms with Crippen molar-refractivity contribution in [2.24, 2.45) is 4.99 Å². The number of methoxy groups -OCH3 is 1. The summed E-state index contributed by atoms with van der Waals surface area (Å²) in [7, 11) is 1.11. The van der Waals surface area contributed by atoms with Crippen molar-refractivity contribution >= 4 is 6.08 Å². The summed E-state index contributed by atoms with van der Waals surface area (Å²) in [6.45, 7) is -0.616. The molecule has 6 heteroatoms. The van der Waals surface area contributed by atoms with Crippen molar-refractivity contribution in [3.05, 3.63) is 29.1 Å². The molecular weight excluding hydrogens is 211 g/mol. The van der Waals surface area contributed by atoms with E-state index in [0.29, 0.717) is 6.07 Å². The minimum absolute atomic E-state index is 0.440. The van der Waals surface area contributed by atoms with E-state index in [2.05, 4.69) is 9.73 Å². The van der Waals surface area contributed by atoms with Crippen molar-refractivity contribution in [3.8, 4) is 5.75 Å². The molecule has 0 bridgehead atoms. The number of isocyanates is 1. The summed E-state index contributed by atoms with van der Waals surface area (Å²) < 4.78 is 43.7. The van der Waals surface area contributed by atoms with Crippen LogP contribution in [-0.2, 0) is 11.3 Å². The van der Waals surface area contributed by atoms with Crippen molar-refractivity contribution < 1.29 is 22.7 Å². The van der Waals surface area contributed by atoms with E-state index in [1.165, 1.54) is 0 Å². The number of rotatable bonds is 3. The van der Waals surface area contributed by atoms with Crippen molar-refractivity contribution in [2.75, 3.05) is 7.11 Å². The monoisotopic (exact) mass is 217 g/mol. The van der Waals surface area contributed by atoms with Gasteiger partial charge in [-0.1, -0.05) is 0 Å². The molecule has 0 spiro atoms. The van der Waals surface area contributed by atoms with E-state index >= 15 is 0 Å². The van der Waals surface area contributed by atoms with Crippen LogP contribution in [0, 0.1) is 17.5 Å². The number of carbonyl (C=O) groups excluding carboxylic acids is 1. The van der Waals surface area contributed by atoms with Crippen molar-refractivity contribution in [1.29, 1.82) is 0 Å². The highest BCUT2D eigenvalue weighted by Gasteiger charge is 2.18. The maximum Gasteiger partial charge on any atom is 0.235 e. The maximum atomic E-state index is 13.3. The molecule has 0 saturated heterocycles. The van der Waals surface area contributed by atoms with Gasteiger partial charge in [-0.3, -0.25) is 0 Å². The number of benzene rings is 1. The van der Waals surface area contributed by atoms with Gasteiger partial charge in [-0.15, -0.1) is 0 Å². The van der Waals surface area contributed by atoms with Crippen LogP contribution in [0.1, 0.15) is 5.56 Å². The van der Waals surface area contributed by atoms with Gasteiger partial charge in [0.05, 0.1) is 19.2 Å². The molecule has 0 radical (unpaired) electrons. The lowest BCUT2D eigenvalue weighted by Gasteiger charge is -2.07. The molecule has 0 fully saturated rings. The summed E-state index contributed by atoms with van der Waals surface area (Å²) in [6, 6.07) is 0.582. The van der Waals surface area contributed by atoms with Crippen LogP contribution in [0.5, 0.6) is 5.75 Å². The van der Waals surface area contributed by atoms with Gasteiger partial charge < -0.3 is 4.74 Å². The van der Waals surface area contributed by atoms with Crippen LogP contribution in [0.2, 0.25) is 0 Å². The Morgan fingerprint density at radius 3 is 2.60 bits per heavy atom. The Morgan fingerprint density at radius 2 is 2.07 bits per heavy atom.